The van der Waals surface area contributed by atoms with Gasteiger partial charge in [0.05, 0.1) is 0 Å². The van der Waals surface area contributed by atoms with E-state index in [2.05, 4.69) is 21.0 Å². The number of nitrogens with zero attached hydrogens (tertiary/aromatic N) is 2. The number of carbonyl (C=O) groups excluding carboxylic acids is 3. The first-order valence-corrected chi connectivity index (χ1v) is 10.5. The number of nitrogens with one attached hydrogen (secondary N) is 3. The first-order valence-electron chi connectivity index (χ1n) is 10.5. The number of hydrogen-bond donors (Lipinski definition) is 3. The number of amides is 3. The number of hydrogen-bond acceptors (Lipinski definition) is 4. The van der Waals surface area contributed by atoms with Crippen molar-refractivity contribution in [2.75, 3.05) is 16.0 Å². The van der Waals surface area contributed by atoms with Gasteiger partial charge in [0, 0.05) is 40.9 Å². The average molecular weight is 431 g/mol. The fraction of sp³-hybridized carbons (Fsp3) is 0.250. The standard InChI is InChI=1S/C24H25N5O3/c1-15-12-21(15)24(32)28-18-7-3-6-17(13-18)23(31)27-20-9-4-8-19(14-20)26-22(30)16(2)29-11-5-10-25-29/h3-11,13-16,21H,12H2,1-2H3,(H,26,30)(H,27,31)(H,28,32). The Morgan fingerprint density at radius 2 is 1.62 bits per heavy atom. The predicted octanol–water partition coefficient (Wildman–Crippen LogP) is 3.93. The lowest BCUT2D eigenvalue weighted by Crippen LogP contribution is -2.24. The summed E-state index contributed by atoms with van der Waals surface area (Å²) in [6.45, 7) is 3.80. The van der Waals surface area contributed by atoms with Crippen molar-refractivity contribution >= 4 is 34.8 Å². The number of rotatable bonds is 7. The highest BCUT2D eigenvalue weighted by Gasteiger charge is 2.39. The number of benzene rings is 2. The molecule has 1 aliphatic rings. The second-order valence-corrected chi connectivity index (χ2v) is 8.08. The fourth-order valence-electron chi connectivity index (χ4n) is 3.42. The molecular formula is C24H25N5O3. The lowest BCUT2D eigenvalue weighted by Gasteiger charge is -2.14. The first kappa shape index (κ1) is 21.3. The van der Waals surface area contributed by atoms with Gasteiger partial charge < -0.3 is 16.0 Å². The zero-order valence-corrected chi connectivity index (χ0v) is 17.9. The van der Waals surface area contributed by atoms with E-state index in [1.165, 1.54) is 0 Å². The van der Waals surface area contributed by atoms with Gasteiger partial charge in [0.2, 0.25) is 11.8 Å². The monoisotopic (exact) mass is 431 g/mol. The quantitative estimate of drug-likeness (QED) is 0.527. The summed E-state index contributed by atoms with van der Waals surface area (Å²) in [4.78, 5) is 37.3. The van der Waals surface area contributed by atoms with Gasteiger partial charge in [0.15, 0.2) is 0 Å². The first-order chi connectivity index (χ1) is 15.4. The molecular weight excluding hydrogens is 406 g/mol. The van der Waals surface area contributed by atoms with Crippen LogP contribution in [-0.4, -0.2) is 27.5 Å². The molecule has 0 aliphatic heterocycles. The largest absolute Gasteiger partial charge is 0.326 e. The van der Waals surface area contributed by atoms with Crippen LogP contribution in [0.1, 0.15) is 36.7 Å². The zero-order valence-electron chi connectivity index (χ0n) is 17.9. The fourth-order valence-corrected chi connectivity index (χ4v) is 3.42. The van der Waals surface area contributed by atoms with Crippen LogP contribution in [0.3, 0.4) is 0 Å². The van der Waals surface area contributed by atoms with Crippen LogP contribution in [-0.2, 0) is 9.59 Å². The molecule has 3 unspecified atom stereocenters. The maximum Gasteiger partial charge on any atom is 0.255 e. The Kier molecular flexibility index (Phi) is 6.02. The van der Waals surface area contributed by atoms with Gasteiger partial charge in [0.1, 0.15) is 6.04 Å². The highest BCUT2D eigenvalue weighted by molar-refractivity contribution is 6.06. The van der Waals surface area contributed by atoms with Crippen molar-refractivity contribution in [2.24, 2.45) is 11.8 Å². The molecule has 3 atom stereocenters. The highest BCUT2D eigenvalue weighted by atomic mass is 16.2. The molecule has 32 heavy (non-hydrogen) atoms. The molecule has 4 rings (SSSR count). The summed E-state index contributed by atoms with van der Waals surface area (Å²) in [5, 5.41) is 12.6. The Labute approximate surface area is 186 Å². The summed E-state index contributed by atoms with van der Waals surface area (Å²) in [5.74, 6) is -0.0686. The normalized spacial score (nSPS) is 17.8. The third-order valence-electron chi connectivity index (χ3n) is 5.53. The highest BCUT2D eigenvalue weighted by Crippen LogP contribution is 2.38. The molecule has 164 valence electrons. The van der Waals surface area contributed by atoms with E-state index in [1.807, 2.05) is 6.92 Å². The van der Waals surface area contributed by atoms with Crippen LogP contribution >= 0.6 is 0 Å². The van der Waals surface area contributed by atoms with E-state index in [4.69, 9.17) is 0 Å². The van der Waals surface area contributed by atoms with Crippen molar-refractivity contribution in [2.45, 2.75) is 26.3 Å². The molecule has 3 aromatic rings. The van der Waals surface area contributed by atoms with Gasteiger partial charge >= 0.3 is 0 Å². The van der Waals surface area contributed by atoms with E-state index in [1.54, 1.807) is 78.6 Å². The molecule has 0 radical (unpaired) electrons. The molecule has 2 aromatic carbocycles. The smallest absolute Gasteiger partial charge is 0.255 e. The third kappa shape index (κ3) is 5.03. The Bertz CT molecular complexity index is 1140. The van der Waals surface area contributed by atoms with E-state index < -0.39 is 6.04 Å². The molecule has 8 heteroatoms. The lowest BCUT2D eigenvalue weighted by atomic mass is 10.1. The van der Waals surface area contributed by atoms with E-state index >= 15 is 0 Å². The minimum absolute atomic E-state index is 0.0113. The molecule has 1 heterocycles. The maximum absolute atomic E-state index is 12.7. The predicted molar refractivity (Wildman–Crippen MR) is 122 cm³/mol. The van der Waals surface area contributed by atoms with Crippen molar-refractivity contribution in [3.05, 3.63) is 72.6 Å². The van der Waals surface area contributed by atoms with Gasteiger partial charge in [-0.25, -0.2) is 0 Å². The maximum atomic E-state index is 12.7. The second kappa shape index (κ2) is 9.05. The van der Waals surface area contributed by atoms with Gasteiger partial charge in [-0.1, -0.05) is 19.1 Å². The van der Waals surface area contributed by atoms with Crippen LogP contribution in [0.5, 0.6) is 0 Å². The van der Waals surface area contributed by atoms with Gasteiger partial charge in [-0.15, -0.1) is 0 Å². The van der Waals surface area contributed by atoms with Crippen LogP contribution in [0.25, 0.3) is 0 Å². The summed E-state index contributed by atoms with van der Waals surface area (Å²) in [5.41, 5.74) is 2.12. The molecule has 1 aliphatic carbocycles. The lowest BCUT2D eigenvalue weighted by molar-refractivity contribution is -0.119. The van der Waals surface area contributed by atoms with Crippen LogP contribution in [0.2, 0.25) is 0 Å². The Morgan fingerprint density at radius 1 is 0.969 bits per heavy atom. The third-order valence-corrected chi connectivity index (χ3v) is 5.53. The van der Waals surface area contributed by atoms with Crippen LogP contribution < -0.4 is 16.0 Å². The second-order valence-electron chi connectivity index (χ2n) is 8.08. The molecule has 3 amide bonds. The topological polar surface area (TPSA) is 105 Å². The Hall–Kier alpha value is -3.94. The molecule has 1 fully saturated rings. The molecule has 3 N–H and O–H groups in total. The van der Waals surface area contributed by atoms with Crippen molar-refractivity contribution in [3.8, 4) is 0 Å². The van der Waals surface area contributed by atoms with E-state index in [-0.39, 0.29) is 23.6 Å². The van der Waals surface area contributed by atoms with Crippen LogP contribution in [0.15, 0.2) is 67.0 Å². The minimum Gasteiger partial charge on any atom is -0.326 e. The number of aromatic nitrogens is 2. The van der Waals surface area contributed by atoms with Crippen LogP contribution in [0.4, 0.5) is 17.1 Å². The van der Waals surface area contributed by atoms with Gasteiger partial charge in [-0.2, -0.15) is 5.10 Å². The Balaban J connectivity index is 1.39. The average Bonchev–Trinajstić information content (AvgIpc) is 3.27. The molecule has 1 saturated carbocycles. The minimum atomic E-state index is -0.472. The summed E-state index contributed by atoms with van der Waals surface area (Å²) >= 11 is 0. The summed E-state index contributed by atoms with van der Waals surface area (Å²) in [7, 11) is 0. The van der Waals surface area contributed by atoms with E-state index in [0.717, 1.165) is 6.42 Å². The Morgan fingerprint density at radius 3 is 2.28 bits per heavy atom. The van der Waals surface area contributed by atoms with Gasteiger partial charge in [-0.05, 0) is 61.7 Å². The van der Waals surface area contributed by atoms with Gasteiger partial charge in [0.25, 0.3) is 5.91 Å². The van der Waals surface area contributed by atoms with E-state index in [0.29, 0.717) is 28.5 Å². The molecule has 1 aromatic heterocycles. The SMILES string of the molecule is CC1CC1C(=O)Nc1cccc(C(=O)Nc2cccc(NC(=O)C(C)n3cccn3)c2)c1. The molecule has 8 nitrogen and oxygen atoms in total. The van der Waals surface area contributed by atoms with Crippen LogP contribution in [0, 0.1) is 11.8 Å². The van der Waals surface area contributed by atoms with Crippen molar-refractivity contribution in [1.82, 2.24) is 9.78 Å². The summed E-state index contributed by atoms with van der Waals surface area (Å²) in [6.07, 6.45) is 4.25. The zero-order chi connectivity index (χ0) is 22.7. The molecule has 0 saturated heterocycles. The molecule has 0 spiro atoms. The van der Waals surface area contributed by atoms with Gasteiger partial charge in [-0.3, -0.25) is 19.1 Å². The van der Waals surface area contributed by atoms with Crippen molar-refractivity contribution < 1.29 is 14.4 Å². The van der Waals surface area contributed by atoms with Crippen molar-refractivity contribution in [3.63, 3.8) is 0 Å². The number of carbonyl (C=O) groups is 3. The molecule has 0 bridgehead atoms. The van der Waals surface area contributed by atoms with Crippen molar-refractivity contribution in [1.29, 1.82) is 0 Å². The summed E-state index contributed by atoms with van der Waals surface area (Å²) in [6, 6.07) is 15.0. The number of anilines is 3. The summed E-state index contributed by atoms with van der Waals surface area (Å²) < 4.78 is 1.57. The van der Waals surface area contributed by atoms with E-state index in [9.17, 15) is 14.4 Å².